The van der Waals surface area contributed by atoms with Gasteiger partial charge in [-0.25, -0.2) is 12.8 Å². The van der Waals surface area contributed by atoms with Crippen LogP contribution in [0.25, 0.3) is 0 Å². The second-order valence-electron chi connectivity index (χ2n) is 4.30. The summed E-state index contributed by atoms with van der Waals surface area (Å²) in [7, 11) is -3.56. The van der Waals surface area contributed by atoms with E-state index in [9.17, 15) is 12.8 Å². The summed E-state index contributed by atoms with van der Waals surface area (Å²) in [6, 6.07) is 7.06. The Morgan fingerprint density at radius 1 is 1.20 bits per heavy atom. The van der Waals surface area contributed by atoms with E-state index in [1.807, 2.05) is 0 Å². The SMILES string of the molecule is Nc1cc(F)cc(NS(=O)(=O)CCc2ccncc2)c1. The minimum absolute atomic E-state index is 0.104. The van der Waals surface area contributed by atoms with E-state index in [1.54, 1.807) is 24.5 Å². The molecule has 0 saturated heterocycles. The van der Waals surface area contributed by atoms with Crippen molar-refractivity contribution < 1.29 is 12.8 Å². The number of nitrogens with zero attached hydrogens (tertiary/aromatic N) is 1. The van der Waals surface area contributed by atoms with Gasteiger partial charge in [0.1, 0.15) is 5.82 Å². The van der Waals surface area contributed by atoms with Crippen LogP contribution in [0, 0.1) is 5.82 Å². The predicted molar refractivity (Wildman–Crippen MR) is 76.2 cm³/mol. The molecule has 20 heavy (non-hydrogen) atoms. The molecule has 0 atom stereocenters. The van der Waals surface area contributed by atoms with E-state index in [2.05, 4.69) is 9.71 Å². The summed E-state index contributed by atoms with van der Waals surface area (Å²) in [5.41, 5.74) is 6.61. The molecule has 1 heterocycles. The number of anilines is 2. The molecule has 7 heteroatoms. The largest absolute Gasteiger partial charge is 0.399 e. The normalized spacial score (nSPS) is 11.2. The van der Waals surface area contributed by atoms with Crippen molar-refractivity contribution >= 4 is 21.4 Å². The average Bonchev–Trinajstić information content (AvgIpc) is 2.36. The highest BCUT2D eigenvalue weighted by Gasteiger charge is 2.11. The lowest BCUT2D eigenvalue weighted by molar-refractivity contribution is 0.600. The highest BCUT2D eigenvalue weighted by atomic mass is 32.2. The van der Waals surface area contributed by atoms with Crippen LogP contribution in [0.3, 0.4) is 0 Å². The summed E-state index contributed by atoms with van der Waals surface area (Å²) >= 11 is 0. The number of hydrogen-bond acceptors (Lipinski definition) is 4. The van der Waals surface area contributed by atoms with E-state index in [4.69, 9.17) is 5.73 Å². The Balaban J connectivity index is 2.04. The molecule has 2 aromatic rings. The Hall–Kier alpha value is -2.15. The fraction of sp³-hybridized carbons (Fsp3) is 0.154. The third-order valence-corrected chi connectivity index (χ3v) is 3.89. The third-order valence-electron chi connectivity index (χ3n) is 2.60. The van der Waals surface area contributed by atoms with Gasteiger partial charge in [0.25, 0.3) is 0 Å². The van der Waals surface area contributed by atoms with E-state index in [-0.39, 0.29) is 17.1 Å². The van der Waals surface area contributed by atoms with Crippen LogP contribution in [0.4, 0.5) is 15.8 Å². The fourth-order valence-electron chi connectivity index (χ4n) is 1.70. The molecule has 2 rings (SSSR count). The number of hydrogen-bond donors (Lipinski definition) is 2. The molecule has 0 aliphatic heterocycles. The number of pyridine rings is 1. The maximum atomic E-state index is 13.1. The number of benzene rings is 1. The van der Waals surface area contributed by atoms with Gasteiger partial charge in [-0.15, -0.1) is 0 Å². The first kappa shape index (κ1) is 14.3. The Morgan fingerprint density at radius 2 is 1.90 bits per heavy atom. The van der Waals surface area contributed by atoms with Crippen LogP contribution in [0.1, 0.15) is 5.56 Å². The number of aromatic nitrogens is 1. The summed E-state index contributed by atoms with van der Waals surface area (Å²) < 4.78 is 39.3. The molecule has 0 aliphatic carbocycles. The lowest BCUT2D eigenvalue weighted by atomic mass is 10.2. The van der Waals surface area contributed by atoms with Gasteiger partial charge in [-0.3, -0.25) is 9.71 Å². The van der Waals surface area contributed by atoms with Crippen LogP contribution < -0.4 is 10.5 Å². The second-order valence-corrected chi connectivity index (χ2v) is 6.14. The summed E-state index contributed by atoms with van der Waals surface area (Å²) in [4.78, 5) is 3.86. The smallest absolute Gasteiger partial charge is 0.233 e. The molecular formula is C13H14FN3O2S. The Bertz CT molecular complexity index is 670. The van der Waals surface area contributed by atoms with Gasteiger partial charge in [0.05, 0.1) is 11.4 Å². The first-order valence-corrected chi connectivity index (χ1v) is 7.55. The van der Waals surface area contributed by atoms with Crippen LogP contribution in [0.15, 0.2) is 42.7 Å². The highest BCUT2D eigenvalue weighted by Crippen LogP contribution is 2.17. The molecule has 0 unspecified atom stereocenters. The zero-order valence-electron chi connectivity index (χ0n) is 10.6. The van der Waals surface area contributed by atoms with Gasteiger partial charge in [0.2, 0.25) is 10.0 Å². The number of nitrogen functional groups attached to an aromatic ring is 1. The fourth-order valence-corrected chi connectivity index (χ4v) is 2.79. The van der Waals surface area contributed by atoms with Crippen LogP contribution in [-0.4, -0.2) is 19.2 Å². The molecular weight excluding hydrogens is 281 g/mol. The van der Waals surface area contributed by atoms with E-state index in [0.29, 0.717) is 6.42 Å². The van der Waals surface area contributed by atoms with E-state index >= 15 is 0 Å². The Morgan fingerprint density at radius 3 is 2.55 bits per heavy atom. The van der Waals surface area contributed by atoms with Crippen LogP contribution in [-0.2, 0) is 16.4 Å². The standard InChI is InChI=1S/C13H14FN3O2S/c14-11-7-12(15)9-13(8-11)17-20(18,19)6-3-10-1-4-16-5-2-10/h1-2,4-5,7-9,17H,3,6,15H2. The molecule has 0 amide bonds. The molecule has 3 N–H and O–H groups in total. The molecule has 0 bridgehead atoms. The summed E-state index contributed by atoms with van der Waals surface area (Å²) in [5, 5.41) is 0. The molecule has 0 aliphatic rings. The number of sulfonamides is 1. The summed E-state index contributed by atoms with van der Waals surface area (Å²) in [6.07, 6.45) is 3.55. The number of rotatable bonds is 5. The maximum absolute atomic E-state index is 13.1. The van der Waals surface area contributed by atoms with Crippen molar-refractivity contribution in [2.24, 2.45) is 0 Å². The van der Waals surface area contributed by atoms with Crippen molar-refractivity contribution in [3.05, 3.63) is 54.1 Å². The van der Waals surface area contributed by atoms with E-state index in [1.165, 1.54) is 6.07 Å². The number of nitrogens with two attached hydrogens (primary N) is 1. The van der Waals surface area contributed by atoms with Crippen LogP contribution in [0.2, 0.25) is 0 Å². The molecule has 0 spiro atoms. The Labute approximate surface area is 116 Å². The molecule has 5 nitrogen and oxygen atoms in total. The summed E-state index contributed by atoms with van der Waals surface area (Å²) in [5.74, 6) is -0.690. The average molecular weight is 295 g/mol. The molecule has 0 fully saturated rings. The van der Waals surface area contributed by atoms with E-state index in [0.717, 1.165) is 17.7 Å². The van der Waals surface area contributed by atoms with Gasteiger partial charge in [-0.05, 0) is 42.3 Å². The lowest BCUT2D eigenvalue weighted by Crippen LogP contribution is -2.18. The molecule has 106 valence electrons. The first-order chi connectivity index (χ1) is 9.44. The molecule has 0 saturated carbocycles. The van der Waals surface area contributed by atoms with Gasteiger partial charge < -0.3 is 5.73 Å². The zero-order chi connectivity index (χ0) is 14.6. The molecule has 1 aromatic heterocycles. The number of nitrogens with one attached hydrogen (secondary N) is 1. The van der Waals surface area contributed by atoms with Gasteiger partial charge in [0.15, 0.2) is 0 Å². The number of aryl methyl sites for hydroxylation is 1. The van der Waals surface area contributed by atoms with Gasteiger partial charge >= 0.3 is 0 Å². The van der Waals surface area contributed by atoms with E-state index < -0.39 is 15.8 Å². The number of halogens is 1. The second kappa shape index (κ2) is 5.87. The minimum Gasteiger partial charge on any atom is -0.399 e. The molecule has 0 radical (unpaired) electrons. The van der Waals surface area contributed by atoms with Crippen molar-refractivity contribution in [3.63, 3.8) is 0 Å². The topological polar surface area (TPSA) is 85.1 Å². The van der Waals surface area contributed by atoms with Crippen LogP contribution in [0.5, 0.6) is 0 Å². The van der Waals surface area contributed by atoms with Crippen molar-refractivity contribution in [3.8, 4) is 0 Å². The predicted octanol–water partition coefficient (Wildman–Crippen LogP) is 1.79. The quantitative estimate of drug-likeness (QED) is 0.823. The highest BCUT2D eigenvalue weighted by molar-refractivity contribution is 7.92. The minimum atomic E-state index is -3.56. The monoisotopic (exact) mass is 295 g/mol. The van der Waals surface area contributed by atoms with Crippen molar-refractivity contribution in [1.82, 2.24) is 4.98 Å². The molecule has 1 aromatic carbocycles. The summed E-state index contributed by atoms with van der Waals surface area (Å²) in [6.45, 7) is 0. The Kier molecular flexibility index (Phi) is 4.19. The zero-order valence-corrected chi connectivity index (χ0v) is 11.4. The third kappa shape index (κ3) is 4.20. The lowest BCUT2D eigenvalue weighted by Gasteiger charge is -2.09. The first-order valence-electron chi connectivity index (χ1n) is 5.90. The van der Waals surface area contributed by atoms with Gasteiger partial charge in [-0.1, -0.05) is 0 Å². The van der Waals surface area contributed by atoms with Crippen LogP contribution >= 0.6 is 0 Å². The van der Waals surface area contributed by atoms with Gasteiger partial charge in [-0.2, -0.15) is 0 Å². The van der Waals surface area contributed by atoms with Crippen molar-refractivity contribution in [2.75, 3.05) is 16.2 Å². The van der Waals surface area contributed by atoms with Crippen molar-refractivity contribution in [2.45, 2.75) is 6.42 Å². The maximum Gasteiger partial charge on any atom is 0.233 e. The van der Waals surface area contributed by atoms with Crippen molar-refractivity contribution in [1.29, 1.82) is 0 Å². The van der Waals surface area contributed by atoms with Gasteiger partial charge in [0, 0.05) is 18.1 Å².